The van der Waals surface area contributed by atoms with Gasteiger partial charge in [-0.05, 0) is 41.9 Å². The van der Waals surface area contributed by atoms with Crippen LogP contribution < -0.4 is 5.56 Å². The molecule has 1 N–H and O–H groups in total. The van der Waals surface area contributed by atoms with Gasteiger partial charge in [-0.2, -0.15) is 0 Å². The van der Waals surface area contributed by atoms with E-state index in [1.165, 1.54) is 13.0 Å². The number of nitrogens with one attached hydrogen (secondary N) is 1. The van der Waals surface area contributed by atoms with E-state index in [9.17, 15) is 13.6 Å². The third-order valence-corrected chi connectivity index (χ3v) is 3.16. The lowest BCUT2D eigenvalue weighted by molar-refractivity contribution is 0.584. The maximum atomic E-state index is 14.0. The number of benzene rings is 1. The van der Waals surface area contributed by atoms with Gasteiger partial charge in [0.05, 0.1) is 15.7 Å². The van der Waals surface area contributed by atoms with E-state index in [2.05, 4.69) is 25.9 Å². The van der Waals surface area contributed by atoms with Crippen LogP contribution >= 0.6 is 15.9 Å². The second-order valence-corrected chi connectivity index (χ2v) is 4.70. The highest BCUT2D eigenvalue weighted by molar-refractivity contribution is 9.10. The van der Waals surface area contributed by atoms with Crippen molar-refractivity contribution in [1.82, 2.24) is 9.97 Å². The first kappa shape index (κ1) is 12.9. The quantitative estimate of drug-likeness (QED) is 0.822. The fraction of sp³-hybridized carbons (Fsp3) is 0.167. The summed E-state index contributed by atoms with van der Waals surface area (Å²) >= 11 is 2.98. The Morgan fingerprint density at radius 1 is 1.28 bits per heavy atom. The molecule has 2 rings (SSSR count). The van der Waals surface area contributed by atoms with Crippen molar-refractivity contribution in [3.8, 4) is 11.3 Å². The van der Waals surface area contributed by atoms with Crippen molar-refractivity contribution in [2.24, 2.45) is 0 Å². The highest BCUT2D eigenvalue weighted by atomic mass is 79.9. The monoisotopic (exact) mass is 314 g/mol. The molecule has 0 aliphatic carbocycles. The van der Waals surface area contributed by atoms with Crippen molar-refractivity contribution in [3.63, 3.8) is 0 Å². The lowest BCUT2D eigenvalue weighted by Crippen LogP contribution is -2.15. The van der Waals surface area contributed by atoms with Crippen LogP contribution in [0.1, 0.15) is 11.4 Å². The molecule has 0 atom stereocenters. The van der Waals surface area contributed by atoms with E-state index in [0.29, 0.717) is 5.82 Å². The predicted molar refractivity (Wildman–Crippen MR) is 67.4 cm³/mol. The van der Waals surface area contributed by atoms with Crippen molar-refractivity contribution in [2.45, 2.75) is 13.8 Å². The van der Waals surface area contributed by atoms with Crippen LogP contribution in [-0.4, -0.2) is 9.97 Å². The molecule has 0 saturated carbocycles. The Bertz CT molecular complexity index is 683. The lowest BCUT2D eigenvalue weighted by Gasteiger charge is -2.09. The van der Waals surface area contributed by atoms with Gasteiger partial charge in [-0.1, -0.05) is 0 Å². The normalized spacial score (nSPS) is 10.7. The molecule has 3 nitrogen and oxygen atoms in total. The third kappa shape index (κ3) is 2.08. The number of halogens is 3. The zero-order valence-electron chi connectivity index (χ0n) is 9.64. The van der Waals surface area contributed by atoms with Gasteiger partial charge in [-0.25, -0.2) is 13.8 Å². The summed E-state index contributed by atoms with van der Waals surface area (Å²) in [5.74, 6) is -1.22. The number of rotatable bonds is 1. The van der Waals surface area contributed by atoms with Gasteiger partial charge >= 0.3 is 0 Å². The van der Waals surface area contributed by atoms with E-state index in [1.54, 1.807) is 6.92 Å². The molecule has 0 aliphatic heterocycles. The molecule has 0 radical (unpaired) electrons. The first-order valence-corrected chi connectivity index (χ1v) is 5.92. The molecule has 0 bridgehead atoms. The second-order valence-electron chi connectivity index (χ2n) is 3.84. The highest BCUT2D eigenvalue weighted by Gasteiger charge is 2.19. The van der Waals surface area contributed by atoms with Gasteiger partial charge in [0.1, 0.15) is 17.5 Å². The zero-order chi connectivity index (χ0) is 13.4. The molecule has 6 heteroatoms. The standard InChI is InChI=1S/C12H9BrF2N2O/c1-5-11(16-6(2)17-12(5)18)9-8(14)4-3-7(13)10(9)15/h3-4H,1-2H3,(H,16,17,18). The van der Waals surface area contributed by atoms with E-state index in [4.69, 9.17) is 0 Å². The number of hydrogen-bond donors (Lipinski definition) is 1. The molecule has 2 aromatic rings. The number of aromatic amines is 1. The lowest BCUT2D eigenvalue weighted by atomic mass is 10.1. The summed E-state index contributed by atoms with van der Waals surface area (Å²) in [7, 11) is 0. The second kappa shape index (κ2) is 4.61. The molecular weight excluding hydrogens is 306 g/mol. The van der Waals surface area contributed by atoms with E-state index < -0.39 is 17.2 Å². The van der Waals surface area contributed by atoms with Gasteiger partial charge in [-0.15, -0.1) is 0 Å². The molecule has 1 aromatic carbocycles. The van der Waals surface area contributed by atoms with Gasteiger partial charge in [-0.3, -0.25) is 4.79 Å². The number of hydrogen-bond acceptors (Lipinski definition) is 2. The maximum absolute atomic E-state index is 14.0. The van der Waals surface area contributed by atoms with E-state index in [1.807, 2.05) is 0 Å². The largest absolute Gasteiger partial charge is 0.311 e. The number of aryl methyl sites for hydroxylation is 1. The Balaban J connectivity index is 2.85. The molecule has 1 aromatic heterocycles. The molecule has 0 fully saturated rings. The zero-order valence-corrected chi connectivity index (χ0v) is 11.2. The van der Waals surface area contributed by atoms with Gasteiger partial charge in [0.25, 0.3) is 5.56 Å². The molecule has 0 unspecified atom stereocenters. The van der Waals surface area contributed by atoms with E-state index >= 15 is 0 Å². The third-order valence-electron chi connectivity index (χ3n) is 2.55. The van der Waals surface area contributed by atoms with Crippen molar-refractivity contribution >= 4 is 15.9 Å². The summed E-state index contributed by atoms with van der Waals surface area (Å²) in [5, 5.41) is 0. The first-order valence-electron chi connectivity index (χ1n) is 5.13. The number of aromatic nitrogens is 2. The Morgan fingerprint density at radius 3 is 2.61 bits per heavy atom. The van der Waals surface area contributed by atoms with Gasteiger partial charge in [0.15, 0.2) is 0 Å². The van der Waals surface area contributed by atoms with Crippen LogP contribution in [-0.2, 0) is 0 Å². The van der Waals surface area contributed by atoms with Gasteiger partial charge in [0.2, 0.25) is 0 Å². The summed E-state index contributed by atoms with van der Waals surface area (Å²) in [6.45, 7) is 3.03. The van der Waals surface area contributed by atoms with Crippen LogP contribution in [0.5, 0.6) is 0 Å². The van der Waals surface area contributed by atoms with Crippen LogP contribution in [0, 0.1) is 25.5 Å². The fourth-order valence-corrected chi connectivity index (χ4v) is 1.96. The summed E-state index contributed by atoms with van der Waals surface area (Å²) in [6, 6.07) is 2.39. The molecule has 94 valence electrons. The molecule has 0 amide bonds. The van der Waals surface area contributed by atoms with Crippen LogP contribution in [0.25, 0.3) is 11.3 Å². The van der Waals surface area contributed by atoms with Crippen LogP contribution in [0.2, 0.25) is 0 Å². The van der Waals surface area contributed by atoms with Gasteiger partial charge < -0.3 is 4.98 Å². The Morgan fingerprint density at radius 2 is 1.94 bits per heavy atom. The molecule has 1 heterocycles. The first-order chi connectivity index (χ1) is 8.41. The van der Waals surface area contributed by atoms with Crippen molar-refractivity contribution in [3.05, 3.63) is 50.0 Å². The SMILES string of the molecule is Cc1nc(-c2c(F)ccc(Br)c2F)c(C)c(=O)[nH]1. The molecule has 18 heavy (non-hydrogen) atoms. The van der Waals surface area contributed by atoms with Crippen LogP contribution in [0.4, 0.5) is 8.78 Å². The van der Waals surface area contributed by atoms with Crippen molar-refractivity contribution < 1.29 is 8.78 Å². The summed E-state index contributed by atoms with van der Waals surface area (Å²) < 4.78 is 27.8. The average molecular weight is 315 g/mol. The number of nitrogens with zero attached hydrogens (tertiary/aromatic N) is 1. The maximum Gasteiger partial charge on any atom is 0.254 e. The minimum atomic E-state index is -0.768. The fourth-order valence-electron chi connectivity index (χ4n) is 1.63. The predicted octanol–water partition coefficient (Wildman–Crippen LogP) is 3.09. The molecule has 0 spiro atoms. The Labute approximate surface area is 110 Å². The summed E-state index contributed by atoms with van der Waals surface area (Å²) in [4.78, 5) is 18.1. The summed E-state index contributed by atoms with van der Waals surface area (Å²) in [5.41, 5.74) is -0.503. The highest BCUT2D eigenvalue weighted by Crippen LogP contribution is 2.30. The van der Waals surface area contributed by atoms with Gasteiger partial charge in [0, 0.05) is 5.56 Å². The van der Waals surface area contributed by atoms with Crippen molar-refractivity contribution in [1.29, 1.82) is 0 Å². The topological polar surface area (TPSA) is 45.8 Å². The minimum Gasteiger partial charge on any atom is -0.311 e. The van der Waals surface area contributed by atoms with Crippen molar-refractivity contribution in [2.75, 3.05) is 0 Å². The Hall–Kier alpha value is -1.56. The van der Waals surface area contributed by atoms with Crippen LogP contribution in [0.15, 0.2) is 21.4 Å². The molecular formula is C12H9BrF2N2O. The van der Waals surface area contributed by atoms with E-state index in [0.717, 1.165) is 6.07 Å². The number of H-pyrrole nitrogens is 1. The van der Waals surface area contributed by atoms with E-state index in [-0.39, 0.29) is 21.3 Å². The molecule has 0 aliphatic rings. The average Bonchev–Trinajstić information content (AvgIpc) is 2.30. The van der Waals surface area contributed by atoms with Crippen LogP contribution in [0.3, 0.4) is 0 Å². The smallest absolute Gasteiger partial charge is 0.254 e. The summed E-state index contributed by atoms with van der Waals surface area (Å²) in [6.07, 6.45) is 0. The minimum absolute atomic E-state index is 0.0209. The molecule has 0 saturated heterocycles. The Kier molecular flexibility index (Phi) is 3.30.